The van der Waals surface area contributed by atoms with Crippen LogP contribution < -0.4 is 5.32 Å². The van der Waals surface area contributed by atoms with Crippen molar-refractivity contribution in [2.45, 2.75) is 25.8 Å². The van der Waals surface area contributed by atoms with Gasteiger partial charge in [0.05, 0.1) is 13.5 Å². The summed E-state index contributed by atoms with van der Waals surface area (Å²) in [7, 11) is 1.31. The van der Waals surface area contributed by atoms with Gasteiger partial charge in [0.25, 0.3) is 0 Å². The average molecular weight is 347 g/mol. The van der Waals surface area contributed by atoms with Crippen molar-refractivity contribution in [1.82, 2.24) is 15.1 Å². The highest BCUT2D eigenvalue weighted by atomic mass is 16.5. The molecule has 1 heterocycles. The maximum Gasteiger partial charge on any atom is 0.317 e. The van der Waals surface area contributed by atoms with Gasteiger partial charge in [0.15, 0.2) is 0 Å². The first kappa shape index (κ1) is 18.8. The van der Waals surface area contributed by atoms with Crippen LogP contribution in [0.1, 0.15) is 24.8 Å². The van der Waals surface area contributed by atoms with Crippen LogP contribution in [0.4, 0.5) is 4.79 Å². The Labute approximate surface area is 147 Å². The molecule has 1 saturated heterocycles. The van der Waals surface area contributed by atoms with Crippen LogP contribution in [0.15, 0.2) is 30.3 Å². The number of carbonyl (C=O) groups is 3. The summed E-state index contributed by atoms with van der Waals surface area (Å²) in [6, 6.07) is 9.62. The standard InChI is InChI=1S/C18H25N3O4/c1-25-17(23)9-8-16(22)20-10-5-11-21(13-12-20)18(24)19-14-15-6-3-2-4-7-15/h2-4,6-7H,5,8-14H2,1H3,(H,19,24). The summed E-state index contributed by atoms with van der Waals surface area (Å²) in [5, 5.41) is 2.91. The Morgan fingerprint density at radius 3 is 2.40 bits per heavy atom. The molecule has 7 nitrogen and oxygen atoms in total. The third kappa shape index (κ3) is 6.10. The van der Waals surface area contributed by atoms with E-state index in [1.165, 1.54) is 7.11 Å². The van der Waals surface area contributed by atoms with E-state index >= 15 is 0 Å². The second-order valence-electron chi connectivity index (χ2n) is 5.94. The molecule has 1 aromatic rings. The lowest BCUT2D eigenvalue weighted by atomic mass is 10.2. The number of methoxy groups -OCH3 is 1. The normalized spacial score (nSPS) is 14.6. The van der Waals surface area contributed by atoms with Gasteiger partial charge in [-0.3, -0.25) is 9.59 Å². The quantitative estimate of drug-likeness (QED) is 0.816. The van der Waals surface area contributed by atoms with E-state index in [0.29, 0.717) is 32.7 Å². The van der Waals surface area contributed by atoms with Crippen molar-refractivity contribution in [3.63, 3.8) is 0 Å². The predicted octanol–water partition coefficient (Wildman–Crippen LogP) is 1.38. The third-order valence-corrected chi connectivity index (χ3v) is 4.19. The first-order valence-corrected chi connectivity index (χ1v) is 8.51. The van der Waals surface area contributed by atoms with Crippen molar-refractivity contribution in [3.05, 3.63) is 35.9 Å². The number of hydrogen-bond acceptors (Lipinski definition) is 4. The fraction of sp³-hybridized carbons (Fsp3) is 0.500. The Morgan fingerprint density at radius 1 is 1.00 bits per heavy atom. The molecule has 1 fully saturated rings. The molecule has 0 unspecified atom stereocenters. The van der Waals surface area contributed by atoms with Crippen LogP contribution in [-0.2, 0) is 20.9 Å². The molecule has 1 N–H and O–H groups in total. The van der Waals surface area contributed by atoms with Gasteiger partial charge in [-0.05, 0) is 12.0 Å². The summed E-state index contributed by atoms with van der Waals surface area (Å²) in [4.78, 5) is 39.1. The molecule has 0 aromatic heterocycles. The minimum absolute atomic E-state index is 0.0723. The van der Waals surface area contributed by atoms with E-state index in [1.54, 1.807) is 9.80 Å². The maximum atomic E-state index is 12.3. The smallest absolute Gasteiger partial charge is 0.317 e. The molecule has 0 aliphatic carbocycles. The number of nitrogens with zero attached hydrogens (tertiary/aromatic N) is 2. The Bertz CT molecular complexity index is 591. The van der Waals surface area contributed by atoms with Crippen molar-refractivity contribution in [2.24, 2.45) is 0 Å². The lowest BCUT2D eigenvalue weighted by Gasteiger charge is -2.22. The van der Waals surface area contributed by atoms with Crippen LogP contribution in [-0.4, -0.2) is 61.0 Å². The Morgan fingerprint density at radius 2 is 1.68 bits per heavy atom. The van der Waals surface area contributed by atoms with E-state index in [4.69, 9.17) is 0 Å². The van der Waals surface area contributed by atoms with Crippen molar-refractivity contribution in [1.29, 1.82) is 0 Å². The Hall–Kier alpha value is -2.57. The van der Waals surface area contributed by atoms with Crippen molar-refractivity contribution in [3.8, 4) is 0 Å². The number of esters is 1. The minimum atomic E-state index is -0.384. The highest BCUT2D eigenvalue weighted by Gasteiger charge is 2.22. The fourth-order valence-corrected chi connectivity index (χ4v) is 2.72. The molecule has 3 amide bonds. The summed E-state index contributed by atoms with van der Waals surface area (Å²) in [5.74, 6) is -0.456. The number of rotatable bonds is 5. The van der Waals surface area contributed by atoms with E-state index in [0.717, 1.165) is 12.0 Å². The highest BCUT2D eigenvalue weighted by Crippen LogP contribution is 2.07. The molecule has 1 aliphatic heterocycles. The Balaban J connectivity index is 1.77. The molecule has 1 aromatic carbocycles. The zero-order chi connectivity index (χ0) is 18.1. The van der Waals surface area contributed by atoms with Crippen LogP contribution in [0.25, 0.3) is 0 Å². The lowest BCUT2D eigenvalue weighted by molar-refractivity contribution is -0.143. The summed E-state index contributed by atoms with van der Waals surface area (Å²) in [6.45, 7) is 2.67. The fourth-order valence-electron chi connectivity index (χ4n) is 2.72. The SMILES string of the molecule is COC(=O)CCC(=O)N1CCCN(C(=O)NCc2ccccc2)CC1. The molecule has 1 aliphatic rings. The zero-order valence-corrected chi connectivity index (χ0v) is 14.6. The summed E-state index contributed by atoms with van der Waals surface area (Å²) in [6.07, 6.45) is 0.961. The van der Waals surface area contributed by atoms with Crippen LogP contribution in [0.2, 0.25) is 0 Å². The van der Waals surface area contributed by atoms with Crippen molar-refractivity contribution < 1.29 is 19.1 Å². The second-order valence-corrected chi connectivity index (χ2v) is 5.94. The van der Waals surface area contributed by atoms with Crippen LogP contribution in [0, 0.1) is 0 Å². The minimum Gasteiger partial charge on any atom is -0.469 e. The van der Waals surface area contributed by atoms with Crippen LogP contribution >= 0.6 is 0 Å². The number of amides is 3. The van der Waals surface area contributed by atoms with E-state index in [1.807, 2.05) is 30.3 Å². The third-order valence-electron chi connectivity index (χ3n) is 4.19. The van der Waals surface area contributed by atoms with Gasteiger partial charge in [0.1, 0.15) is 0 Å². The molecule has 7 heteroatoms. The van der Waals surface area contributed by atoms with E-state index in [9.17, 15) is 14.4 Å². The maximum absolute atomic E-state index is 12.3. The largest absolute Gasteiger partial charge is 0.469 e. The molecule has 25 heavy (non-hydrogen) atoms. The van der Waals surface area contributed by atoms with Gasteiger partial charge in [-0.1, -0.05) is 30.3 Å². The number of hydrogen-bond donors (Lipinski definition) is 1. The number of nitrogens with one attached hydrogen (secondary N) is 1. The molecule has 0 spiro atoms. The molecular formula is C18H25N3O4. The summed E-state index contributed by atoms with van der Waals surface area (Å²) < 4.78 is 4.55. The van der Waals surface area contributed by atoms with E-state index in [-0.39, 0.29) is 30.7 Å². The van der Waals surface area contributed by atoms with Crippen LogP contribution in [0.5, 0.6) is 0 Å². The molecule has 0 atom stereocenters. The van der Waals surface area contributed by atoms with Gasteiger partial charge in [-0.2, -0.15) is 0 Å². The molecule has 0 radical (unpaired) electrons. The molecule has 0 bridgehead atoms. The number of ether oxygens (including phenoxy) is 1. The second kappa shape index (κ2) is 9.66. The predicted molar refractivity (Wildman–Crippen MR) is 92.7 cm³/mol. The van der Waals surface area contributed by atoms with Gasteiger partial charge in [0.2, 0.25) is 5.91 Å². The number of benzene rings is 1. The molecular weight excluding hydrogens is 322 g/mol. The van der Waals surface area contributed by atoms with E-state index in [2.05, 4.69) is 10.1 Å². The summed E-state index contributed by atoms with van der Waals surface area (Å²) >= 11 is 0. The first-order chi connectivity index (χ1) is 12.1. The van der Waals surface area contributed by atoms with Crippen molar-refractivity contribution in [2.75, 3.05) is 33.3 Å². The van der Waals surface area contributed by atoms with Crippen molar-refractivity contribution >= 4 is 17.9 Å². The van der Waals surface area contributed by atoms with Gasteiger partial charge < -0.3 is 19.9 Å². The molecule has 136 valence electrons. The average Bonchev–Trinajstić information content (AvgIpc) is 2.91. The number of urea groups is 1. The van der Waals surface area contributed by atoms with Gasteiger partial charge in [0, 0.05) is 39.1 Å². The van der Waals surface area contributed by atoms with Crippen LogP contribution in [0.3, 0.4) is 0 Å². The lowest BCUT2D eigenvalue weighted by Crippen LogP contribution is -2.42. The van der Waals surface area contributed by atoms with Gasteiger partial charge in [-0.15, -0.1) is 0 Å². The first-order valence-electron chi connectivity index (χ1n) is 8.51. The zero-order valence-electron chi connectivity index (χ0n) is 14.6. The topological polar surface area (TPSA) is 79.0 Å². The van der Waals surface area contributed by atoms with Gasteiger partial charge in [-0.25, -0.2) is 4.79 Å². The molecule has 2 rings (SSSR count). The summed E-state index contributed by atoms with van der Waals surface area (Å²) in [5.41, 5.74) is 1.05. The van der Waals surface area contributed by atoms with Gasteiger partial charge >= 0.3 is 12.0 Å². The highest BCUT2D eigenvalue weighted by molar-refractivity contribution is 5.81. The van der Waals surface area contributed by atoms with E-state index < -0.39 is 0 Å². The number of carbonyl (C=O) groups excluding carboxylic acids is 3. The monoisotopic (exact) mass is 347 g/mol. The molecule has 0 saturated carbocycles. The Kier molecular flexibility index (Phi) is 7.25.